The van der Waals surface area contributed by atoms with Crippen molar-refractivity contribution in [1.82, 2.24) is 0 Å². The molecule has 0 heterocycles. The normalized spacial score (nSPS) is 9.17. The highest BCUT2D eigenvalue weighted by atomic mass is 16.3. The lowest BCUT2D eigenvalue weighted by Gasteiger charge is -1.93. The molecule has 0 atom stereocenters. The van der Waals surface area contributed by atoms with Gasteiger partial charge in [0.1, 0.15) is 5.76 Å². The molecule has 0 aromatic carbocycles. The van der Waals surface area contributed by atoms with Crippen LogP contribution in [0.25, 0.3) is 0 Å². The van der Waals surface area contributed by atoms with Gasteiger partial charge in [0.05, 0.1) is 0 Å². The van der Waals surface area contributed by atoms with Gasteiger partial charge in [-0.05, 0) is 0 Å². The van der Waals surface area contributed by atoms with E-state index >= 15 is 0 Å². The first kappa shape index (κ1) is 5.46. The highest BCUT2D eigenvalue weighted by molar-refractivity contribution is 4.98. The third kappa shape index (κ3) is 1.75. The van der Waals surface area contributed by atoms with Crippen LogP contribution in [0.4, 0.5) is 0 Å². The summed E-state index contributed by atoms with van der Waals surface area (Å²) < 4.78 is 0. The average molecular weight is 88.1 g/mol. The van der Waals surface area contributed by atoms with Crippen molar-refractivity contribution in [2.75, 3.05) is 0 Å². The van der Waals surface area contributed by atoms with Gasteiger partial charge in [-0.1, -0.05) is 6.58 Å². The molecule has 0 unspecified atom stereocenters. The minimum atomic E-state index is -0.630. The fourth-order valence-electron chi connectivity index (χ4n) is 0. The highest BCUT2D eigenvalue weighted by Gasteiger charge is 1.96. The summed E-state index contributed by atoms with van der Waals surface area (Å²) in [4.78, 5) is 0. The van der Waals surface area contributed by atoms with Gasteiger partial charge in [-0.25, -0.2) is 0 Å². The van der Waals surface area contributed by atoms with Crippen molar-refractivity contribution >= 4 is 0 Å². The van der Waals surface area contributed by atoms with Crippen LogP contribution in [0.5, 0.6) is 0 Å². The molecule has 0 aliphatic heterocycles. The van der Waals surface area contributed by atoms with Crippen molar-refractivity contribution in [2.45, 2.75) is 0 Å². The molecule has 0 bridgehead atoms. The molecule has 0 rings (SSSR count). The van der Waals surface area contributed by atoms with E-state index in [2.05, 4.69) is 12.3 Å². The fourth-order valence-corrected chi connectivity index (χ4v) is 0. The second-order valence-electron chi connectivity index (χ2n) is 0.832. The number of aliphatic hydroxyl groups is 2. The van der Waals surface area contributed by atoms with E-state index in [1.165, 1.54) is 0 Å². The predicted molar refractivity (Wildman–Crippen MR) is 21.1 cm³/mol. The molecule has 3 heteroatoms. The molecule has 6 heavy (non-hydrogen) atoms. The Morgan fingerprint density at radius 3 is 1.67 bits per heavy atom. The second kappa shape index (κ2) is 1.79. The van der Waals surface area contributed by atoms with Crippen molar-refractivity contribution < 1.29 is 10.2 Å². The van der Waals surface area contributed by atoms with Crippen LogP contribution < -0.4 is 5.73 Å². The molecule has 0 aliphatic rings. The van der Waals surface area contributed by atoms with E-state index in [0.717, 1.165) is 0 Å². The van der Waals surface area contributed by atoms with Crippen LogP contribution in [0, 0.1) is 6.23 Å². The number of hydrogen-bond donors (Lipinski definition) is 3. The van der Waals surface area contributed by atoms with E-state index in [0.29, 0.717) is 0 Å². The molecule has 0 aliphatic carbocycles. The largest absolute Gasteiger partial charge is 0.508 e. The monoisotopic (exact) mass is 88.0 g/mol. The first-order valence-corrected chi connectivity index (χ1v) is 1.34. The van der Waals surface area contributed by atoms with Crippen LogP contribution >= 0.6 is 0 Å². The van der Waals surface area contributed by atoms with Gasteiger partial charge in [-0.2, -0.15) is 0 Å². The molecule has 0 saturated heterocycles. The van der Waals surface area contributed by atoms with Crippen molar-refractivity contribution in [2.24, 2.45) is 5.73 Å². The maximum atomic E-state index is 8.02. The van der Waals surface area contributed by atoms with E-state index in [9.17, 15) is 0 Å². The Morgan fingerprint density at radius 1 is 1.50 bits per heavy atom. The van der Waals surface area contributed by atoms with E-state index < -0.39 is 12.0 Å². The third-order valence-corrected chi connectivity index (χ3v) is 0.296. The lowest BCUT2D eigenvalue weighted by Crippen LogP contribution is -2.09. The number of rotatable bonds is 1. The lowest BCUT2D eigenvalue weighted by atomic mass is 10.5. The van der Waals surface area contributed by atoms with Crippen LogP contribution in [-0.2, 0) is 0 Å². The maximum absolute atomic E-state index is 8.02. The van der Waals surface area contributed by atoms with Gasteiger partial charge >= 0.3 is 0 Å². The van der Waals surface area contributed by atoms with Crippen LogP contribution in [-0.4, -0.2) is 10.2 Å². The fraction of sp³-hybridized carbons (Fsp3) is 0. The van der Waals surface area contributed by atoms with Crippen molar-refractivity contribution in [3.63, 3.8) is 0 Å². The van der Waals surface area contributed by atoms with Gasteiger partial charge in [0.15, 0.2) is 0 Å². The number of hydrogen-bond acceptors (Lipinski definition) is 3. The van der Waals surface area contributed by atoms with Crippen LogP contribution in [0.15, 0.2) is 12.3 Å². The Morgan fingerprint density at radius 2 is 1.67 bits per heavy atom. The SMILES string of the molecule is C=C(O)[C](N)O. The van der Waals surface area contributed by atoms with Gasteiger partial charge in [0.2, 0.25) is 6.23 Å². The zero-order valence-electron chi connectivity index (χ0n) is 3.18. The minimum absolute atomic E-state index is 0.491. The topological polar surface area (TPSA) is 66.5 Å². The standard InChI is InChI=1S/C3H6NO2/c1-2(5)3(4)6/h5-6H,1,4H2. The summed E-state index contributed by atoms with van der Waals surface area (Å²) >= 11 is 0. The molecule has 35 valence electrons. The van der Waals surface area contributed by atoms with Crippen LogP contribution in [0.2, 0.25) is 0 Å². The van der Waals surface area contributed by atoms with Gasteiger partial charge < -0.3 is 10.2 Å². The molecule has 4 N–H and O–H groups in total. The van der Waals surface area contributed by atoms with Gasteiger partial charge in [0.25, 0.3) is 0 Å². The second-order valence-corrected chi connectivity index (χ2v) is 0.832. The highest BCUT2D eigenvalue weighted by Crippen LogP contribution is 1.89. The quantitative estimate of drug-likeness (QED) is 0.391. The van der Waals surface area contributed by atoms with Crippen molar-refractivity contribution in [1.29, 1.82) is 0 Å². The molecule has 0 aromatic heterocycles. The Bertz CT molecular complexity index is 59.8. The van der Waals surface area contributed by atoms with E-state index in [4.69, 9.17) is 10.2 Å². The zero-order chi connectivity index (χ0) is 5.15. The van der Waals surface area contributed by atoms with E-state index in [1.54, 1.807) is 0 Å². The zero-order valence-corrected chi connectivity index (χ0v) is 3.18. The van der Waals surface area contributed by atoms with Gasteiger partial charge in [-0.15, -0.1) is 0 Å². The molecule has 1 radical (unpaired) electrons. The molecule has 0 saturated carbocycles. The van der Waals surface area contributed by atoms with E-state index in [1.807, 2.05) is 0 Å². The summed E-state index contributed by atoms with van der Waals surface area (Å²) in [5.74, 6) is -0.491. The molecule has 0 fully saturated rings. The first-order chi connectivity index (χ1) is 2.64. The van der Waals surface area contributed by atoms with Crippen molar-refractivity contribution in [3.8, 4) is 0 Å². The van der Waals surface area contributed by atoms with Crippen LogP contribution in [0.3, 0.4) is 0 Å². The third-order valence-electron chi connectivity index (χ3n) is 0.296. The van der Waals surface area contributed by atoms with Crippen molar-refractivity contribution in [3.05, 3.63) is 18.6 Å². The number of aliphatic hydroxyl groups excluding tert-OH is 2. The minimum Gasteiger partial charge on any atom is -0.508 e. The maximum Gasteiger partial charge on any atom is 0.222 e. The van der Waals surface area contributed by atoms with Crippen LogP contribution in [0.1, 0.15) is 0 Å². The smallest absolute Gasteiger partial charge is 0.222 e. The lowest BCUT2D eigenvalue weighted by molar-refractivity contribution is 0.254. The molecular formula is C3H6NO2. The molecule has 0 aromatic rings. The summed E-state index contributed by atoms with van der Waals surface area (Å²) in [5, 5.41) is 16.0. The molecule has 3 nitrogen and oxygen atoms in total. The van der Waals surface area contributed by atoms with E-state index in [-0.39, 0.29) is 0 Å². The Kier molecular flexibility index (Phi) is 1.63. The first-order valence-electron chi connectivity index (χ1n) is 1.34. The summed E-state index contributed by atoms with van der Waals surface area (Å²) in [5.41, 5.74) is 4.56. The summed E-state index contributed by atoms with van der Waals surface area (Å²) in [6, 6.07) is 0. The molecular weight excluding hydrogens is 82.0 g/mol. The molecule has 0 spiro atoms. The Hall–Kier alpha value is -0.540. The van der Waals surface area contributed by atoms with Gasteiger partial charge in [0, 0.05) is 0 Å². The summed E-state index contributed by atoms with van der Waals surface area (Å²) in [6.45, 7) is 2.90. The van der Waals surface area contributed by atoms with Gasteiger partial charge in [-0.3, -0.25) is 5.73 Å². The summed E-state index contributed by atoms with van der Waals surface area (Å²) in [6.07, 6.45) is -0.630. The number of nitrogens with two attached hydrogens (primary N) is 1. The summed E-state index contributed by atoms with van der Waals surface area (Å²) in [7, 11) is 0. The molecule has 0 amide bonds. The predicted octanol–water partition coefficient (Wildman–Crippen LogP) is -0.121. The average Bonchev–Trinajstić information content (AvgIpc) is 1.36. The Balaban J connectivity index is 3.26. The Labute approximate surface area is 35.7 Å².